The number of halogens is 2. The fourth-order valence-corrected chi connectivity index (χ4v) is 1.90. The zero-order valence-corrected chi connectivity index (χ0v) is 11.3. The van der Waals surface area contributed by atoms with Crippen LogP contribution in [0.3, 0.4) is 0 Å². The maximum Gasteiger partial charge on any atom is 0.262 e. The number of hydrogen-bond acceptors (Lipinski definition) is 3. The van der Waals surface area contributed by atoms with E-state index in [9.17, 15) is 4.79 Å². The number of nitrogens with zero attached hydrogens (tertiary/aromatic N) is 1. The van der Waals surface area contributed by atoms with Crippen LogP contribution in [0, 0.1) is 0 Å². The first-order chi connectivity index (χ1) is 9.16. The van der Waals surface area contributed by atoms with Crippen LogP contribution in [0.2, 0.25) is 10.0 Å². The summed E-state index contributed by atoms with van der Waals surface area (Å²) in [5.41, 5.74) is 0.647. The molecule has 0 bridgehead atoms. The van der Waals surface area contributed by atoms with Gasteiger partial charge < -0.3 is 10.1 Å². The van der Waals surface area contributed by atoms with Crippen molar-refractivity contribution in [1.29, 1.82) is 0 Å². The van der Waals surface area contributed by atoms with E-state index >= 15 is 0 Å². The highest BCUT2D eigenvalue weighted by atomic mass is 35.5. The average molecular weight is 297 g/mol. The maximum atomic E-state index is 11.7. The molecule has 4 nitrogen and oxygen atoms in total. The number of para-hydroxylation sites is 1. The third-order valence-corrected chi connectivity index (χ3v) is 2.83. The van der Waals surface area contributed by atoms with Gasteiger partial charge in [0.25, 0.3) is 5.91 Å². The number of nitrogens with one attached hydrogen (secondary N) is 1. The normalized spacial score (nSPS) is 10.0. The van der Waals surface area contributed by atoms with E-state index < -0.39 is 0 Å². The Bertz CT molecular complexity index is 556. The van der Waals surface area contributed by atoms with Gasteiger partial charge in [-0.2, -0.15) is 0 Å². The smallest absolute Gasteiger partial charge is 0.262 e. The molecule has 0 unspecified atom stereocenters. The van der Waals surface area contributed by atoms with E-state index in [4.69, 9.17) is 27.9 Å². The van der Waals surface area contributed by atoms with Gasteiger partial charge in [-0.3, -0.25) is 9.78 Å². The van der Waals surface area contributed by atoms with Crippen molar-refractivity contribution in [2.75, 3.05) is 11.9 Å². The number of rotatable bonds is 4. The molecule has 1 N–H and O–H groups in total. The van der Waals surface area contributed by atoms with E-state index in [1.54, 1.807) is 42.7 Å². The third kappa shape index (κ3) is 3.84. The van der Waals surface area contributed by atoms with Crippen molar-refractivity contribution >= 4 is 34.8 Å². The number of anilines is 1. The monoisotopic (exact) mass is 296 g/mol. The summed E-state index contributed by atoms with van der Waals surface area (Å²) in [6.45, 7) is -0.175. The highest BCUT2D eigenvalue weighted by molar-refractivity contribution is 6.37. The Hall–Kier alpha value is -1.78. The van der Waals surface area contributed by atoms with Gasteiger partial charge in [-0.15, -0.1) is 0 Å². The highest BCUT2D eigenvalue weighted by Crippen LogP contribution is 2.32. The van der Waals surface area contributed by atoms with Crippen molar-refractivity contribution < 1.29 is 9.53 Å². The van der Waals surface area contributed by atoms with Gasteiger partial charge in [0.05, 0.1) is 10.0 Å². The van der Waals surface area contributed by atoms with Crippen molar-refractivity contribution in [3.63, 3.8) is 0 Å². The molecule has 0 aliphatic rings. The zero-order valence-electron chi connectivity index (χ0n) is 9.77. The van der Waals surface area contributed by atoms with Crippen LogP contribution >= 0.6 is 23.2 Å². The molecule has 1 aromatic carbocycles. The number of pyridine rings is 1. The van der Waals surface area contributed by atoms with Crippen LogP contribution < -0.4 is 10.1 Å². The van der Waals surface area contributed by atoms with Crippen molar-refractivity contribution in [3.8, 4) is 5.75 Å². The van der Waals surface area contributed by atoms with Crippen LogP contribution in [-0.2, 0) is 4.79 Å². The summed E-state index contributed by atoms with van der Waals surface area (Å²) < 4.78 is 5.31. The lowest BCUT2D eigenvalue weighted by Gasteiger charge is -2.09. The van der Waals surface area contributed by atoms with Gasteiger partial charge in [0.2, 0.25) is 0 Å². The Morgan fingerprint density at radius 1 is 1.16 bits per heavy atom. The van der Waals surface area contributed by atoms with Crippen molar-refractivity contribution in [2.24, 2.45) is 0 Å². The number of ether oxygens (including phenoxy) is 1. The molecule has 0 aliphatic heterocycles. The van der Waals surface area contributed by atoms with Gasteiger partial charge in [-0.05, 0) is 24.3 Å². The minimum absolute atomic E-state index is 0.175. The number of carbonyl (C=O) groups is 1. The molecule has 2 aromatic rings. The first-order valence-corrected chi connectivity index (χ1v) is 6.19. The molecule has 98 valence electrons. The predicted molar refractivity (Wildman–Crippen MR) is 74.8 cm³/mol. The van der Waals surface area contributed by atoms with Crippen LogP contribution in [0.1, 0.15) is 0 Å². The lowest BCUT2D eigenvalue weighted by atomic mass is 10.3. The van der Waals surface area contributed by atoms with Crippen molar-refractivity contribution in [3.05, 3.63) is 52.8 Å². The molecule has 0 aliphatic carbocycles. The third-order valence-electron chi connectivity index (χ3n) is 2.23. The van der Waals surface area contributed by atoms with Gasteiger partial charge in [-0.1, -0.05) is 29.3 Å². The highest BCUT2D eigenvalue weighted by Gasteiger charge is 2.09. The van der Waals surface area contributed by atoms with Crippen LogP contribution in [0.25, 0.3) is 0 Å². The second-order valence-corrected chi connectivity index (χ2v) is 4.44. The molecule has 0 saturated carbocycles. The summed E-state index contributed by atoms with van der Waals surface area (Å²) in [5, 5.41) is 3.39. The standard InChI is InChI=1S/C13H10Cl2N2O2/c14-10-2-1-3-11(15)13(10)19-8-12(18)17-9-4-6-16-7-5-9/h1-7H,8H2,(H,16,17,18). The second kappa shape index (κ2) is 6.41. The number of amides is 1. The zero-order chi connectivity index (χ0) is 13.7. The largest absolute Gasteiger partial charge is 0.481 e. The predicted octanol–water partition coefficient (Wildman–Crippen LogP) is 3.41. The number of hydrogen-bond donors (Lipinski definition) is 1. The van der Waals surface area contributed by atoms with Gasteiger partial charge in [0.15, 0.2) is 12.4 Å². The Kier molecular flexibility index (Phi) is 4.60. The molecule has 0 saturated heterocycles. The van der Waals surface area contributed by atoms with Gasteiger partial charge in [0, 0.05) is 18.1 Å². The molecule has 19 heavy (non-hydrogen) atoms. The summed E-state index contributed by atoms with van der Waals surface area (Å²) in [4.78, 5) is 15.5. The molecule has 1 heterocycles. The lowest BCUT2D eigenvalue weighted by Crippen LogP contribution is -2.20. The van der Waals surface area contributed by atoms with Crippen LogP contribution in [0.15, 0.2) is 42.7 Å². The van der Waals surface area contributed by atoms with Gasteiger partial charge >= 0.3 is 0 Å². The molecule has 1 aromatic heterocycles. The van der Waals surface area contributed by atoms with E-state index in [2.05, 4.69) is 10.3 Å². The summed E-state index contributed by atoms with van der Waals surface area (Å²) in [6, 6.07) is 8.35. The fraction of sp³-hybridized carbons (Fsp3) is 0.0769. The van der Waals surface area contributed by atoms with E-state index in [1.165, 1.54) is 0 Å². The van der Waals surface area contributed by atoms with E-state index in [0.29, 0.717) is 21.5 Å². The van der Waals surface area contributed by atoms with E-state index in [-0.39, 0.29) is 12.5 Å². The first kappa shape index (κ1) is 13.6. The SMILES string of the molecule is O=C(COc1c(Cl)cccc1Cl)Nc1ccncc1. The molecular weight excluding hydrogens is 287 g/mol. The van der Waals surface area contributed by atoms with E-state index in [1.807, 2.05) is 0 Å². The first-order valence-electron chi connectivity index (χ1n) is 5.43. The van der Waals surface area contributed by atoms with Crippen molar-refractivity contribution in [2.45, 2.75) is 0 Å². The van der Waals surface area contributed by atoms with Crippen molar-refractivity contribution in [1.82, 2.24) is 4.98 Å². The molecule has 0 fully saturated rings. The van der Waals surface area contributed by atoms with E-state index in [0.717, 1.165) is 0 Å². The van der Waals surface area contributed by atoms with Crippen LogP contribution in [-0.4, -0.2) is 17.5 Å². The Morgan fingerprint density at radius 2 is 1.79 bits per heavy atom. The maximum absolute atomic E-state index is 11.7. The number of carbonyl (C=O) groups excluding carboxylic acids is 1. The summed E-state index contributed by atoms with van der Waals surface area (Å²) in [5.74, 6) is -0.00195. The summed E-state index contributed by atoms with van der Waals surface area (Å²) in [7, 11) is 0. The Balaban J connectivity index is 1.94. The quantitative estimate of drug-likeness (QED) is 0.941. The lowest BCUT2D eigenvalue weighted by molar-refractivity contribution is -0.118. The van der Waals surface area contributed by atoms with Gasteiger partial charge in [-0.25, -0.2) is 0 Å². The van der Waals surface area contributed by atoms with Crippen LogP contribution in [0.5, 0.6) is 5.75 Å². The second-order valence-electron chi connectivity index (χ2n) is 3.62. The minimum Gasteiger partial charge on any atom is -0.481 e. The molecule has 0 spiro atoms. The molecular formula is C13H10Cl2N2O2. The van der Waals surface area contributed by atoms with Gasteiger partial charge in [0.1, 0.15) is 0 Å². The number of aromatic nitrogens is 1. The molecule has 1 amide bonds. The average Bonchev–Trinajstić information content (AvgIpc) is 2.39. The molecule has 0 atom stereocenters. The topological polar surface area (TPSA) is 51.2 Å². The fourth-order valence-electron chi connectivity index (χ4n) is 1.39. The van der Waals surface area contributed by atoms with Crippen LogP contribution in [0.4, 0.5) is 5.69 Å². The molecule has 6 heteroatoms. The Morgan fingerprint density at radius 3 is 2.42 bits per heavy atom. The molecule has 2 rings (SSSR count). The number of benzene rings is 1. The summed E-state index contributed by atoms with van der Waals surface area (Å²) in [6.07, 6.45) is 3.17. The Labute approximate surface area is 120 Å². The minimum atomic E-state index is -0.304. The molecule has 0 radical (unpaired) electrons. The summed E-state index contributed by atoms with van der Waals surface area (Å²) >= 11 is 11.8.